The van der Waals surface area contributed by atoms with Gasteiger partial charge in [0.05, 0.1) is 12.5 Å². The summed E-state index contributed by atoms with van der Waals surface area (Å²) < 4.78 is 37.8. The molecule has 3 nitrogen and oxygen atoms in total. The standard InChI is InChI=1S/C10H15F3N2O/c1-2-4-15-5-3-14-9(15)6-8(16)7-10(11,12)13/h3,5,8,16H,2,4,6-7H2,1H3. The van der Waals surface area contributed by atoms with Crippen LogP contribution in [-0.2, 0) is 13.0 Å². The number of aromatic nitrogens is 2. The lowest BCUT2D eigenvalue weighted by molar-refractivity contribution is -0.153. The predicted octanol–water partition coefficient (Wildman–Crippen LogP) is 2.15. The second-order valence-corrected chi connectivity index (χ2v) is 3.71. The van der Waals surface area contributed by atoms with E-state index < -0.39 is 18.7 Å². The number of halogens is 3. The van der Waals surface area contributed by atoms with Crippen LogP contribution in [0.4, 0.5) is 13.2 Å². The van der Waals surface area contributed by atoms with E-state index in [0.717, 1.165) is 6.42 Å². The zero-order valence-electron chi connectivity index (χ0n) is 9.04. The monoisotopic (exact) mass is 236 g/mol. The molecule has 0 bridgehead atoms. The topological polar surface area (TPSA) is 38.0 Å². The van der Waals surface area contributed by atoms with Crippen LogP contribution >= 0.6 is 0 Å². The van der Waals surface area contributed by atoms with Crippen LogP contribution in [0.15, 0.2) is 12.4 Å². The Hall–Kier alpha value is -1.04. The number of alkyl halides is 3. The molecule has 0 aliphatic carbocycles. The van der Waals surface area contributed by atoms with Crippen LogP contribution in [0.3, 0.4) is 0 Å². The number of aliphatic hydroxyl groups is 1. The molecular formula is C10H15F3N2O. The first kappa shape index (κ1) is 13.0. The third-order valence-electron chi connectivity index (χ3n) is 2.15. The smallest absolute Gasteiger partial charge is 0.391 e. The summed E-state index contributed by atoms with van der Waals surface area (Å²) in [4.78, 5) is 3.94. The van der Waals surface area contributed by atoms with Gasteiger partial charge in [-0.3, -0.25) is 0 Å². The quantitative estimate of drug-likeness (QED) is 0.850. The largest absolute Gasteiger partial charge is 0.392 e. The molecule has 1 N–H and O–H groups in total. The Kier molecular flexibility index (Phi) is 4.35. The van der Waals surface area contributed by atoms with Crippen molar-refractivity contribution in [3.05, 3.63) is 18.2 Å². The molecule has 1 aromatic rings. The van der Waals surface area contributed by atoms with Crippen LogP contribution in [0.5, 0.6) is 0 Å². The Balaban J connectivity index is 2.55. The highest BCUT2D eigenvalue weighted by atomic mass is 19.4. The zero-order chi connectivity index (χ0) is 12.2. The summed E-state index contributed by atoms with van der Waals surface area (Å²) >= 11 is 0. The molecule has 0 aliphatic heterocycles. The molecule has 0 fully saturated rings. The molecule has 0 saturated carbocycles. The number of nitrogens with zero attached hydrogens (tertiary/aromatic N) is 2. The minimum absolute atomic E-state index is 0.0630. The first-order chi connectivity index (χ1) is 7.42. The van der Waals surface area contributed by atoms with Crippen molar-refractivity contribution >= 4 is 0 Å². The second kappa shape index (κ2) is 5.34. The fraction of sp³-hybridized carbons (Fsp3) is 0.700. The summed E-state index contributed by atoms with van der Waals surface area (Å²) in [5.74, 6) is 0.499. The molecule has 1 unspecified atom stereocenters. The molecule has 92 valence electrons. The summed E-state index contributed by atoms with van der Waals surface area (Å²) in [7, 11) is 0. The van der Waals surface area contributed by atoms with Crippen LogP contribution in [0.2, 0.25) is 0 Å². The fourth-order valence-electron chi connectivity index (χ4n) is 1.52. The average Bonchev–Trinajstić information content (AvgIpc) is 2.50. The molecule has 6 heteroatoms. The van der Waals surface area contributed by atoms with E-state index in [1.54, 1.807) is 10.8 Å². The van der Waals surface area contributed by atoms with E-state index >= 15 is 0 Å². The first-order valence-electron chi connectivity index (χ1n) is 5.17. The van der Waals surface area contributed by atoms with E-state index in [4.69, 9.17) is 0 Å². The number of hydrogen-bond acceptors (Lipinski definition) is 2. The Morgan fingerprint density at radius 3 is 2.75 bits per heavy atom. The van der Waals surface area contributed by atoms with E-state index in [1.807, 2.05) is 6.92 Å². The molecule has 1 rings (SSSR count). The van der Waals surface area contributed by atoms with Crippen molar-refractivity contribution in [3.63, 3.8) is 0 Å². The minimum Gasteiger partial charge on any atom is -0.392 e. The van der Waals surface area contributed by atoms with Crippen LogP contribution in [-0.4, -0.2) is 26.9 Å². The lowest BCUT2D eigenvalue weighted by Gasteiger charge is -2.13. The van der Waals surface area contributed by atoms with E-state index in [2.05, 4.69) is 4.98 Å². The van der Waals surface area contributed by atoms with Crippen molar-refractivity contribution in [1.82, 2.24) is 9.55 Å². The van der Waals surface area contributed by atoms with Gasteiger partial charge in [-0.2, -0.15) is 13.2 Å². The second-order valence-electron chi connectivity index (χ2n) is 3.71. The first-order valence-corrected chi connectivity index (χ1v) is 5.17. The van der Waals surface area contributed by atoms with Crippen molar-refractivity contribution in [2.24, 2.45) is 0 Å². The molecule has 0 aromatic carbocycles. The molecule has 0 aliphatic rings. The molecule has 0 saturated heterocycles. The third-order valence-corrected chi connectivity index (χ3v) is 2.15. The fourth-order valence-corrected chi connectivity index (χ4v) is 1.52. The highest BCUT2D eigenvalue weighted by Crippen LogP contribution is 2.22. The maximum Gasteiger partial charge on any atom is 0.391 e. The zero-order valence-corrected chi connectivity index (χ0v) is 9.04. The summed E-state index contributed by atoms with van der Waals surface area (Å²) in [6, 6.07) is 0. The minimum atomic E-state index is -4.33. The van der Waals surface area contributed by atoms with E-state index in [-0.39, 0.29) is 6.42 Å². The van der Waals surface area contributed by atoms with Gasteiger partial charge in [0.1, 0.15) is 5.82 Å². The Morgan fingerprint density at radius 2 is 2.19 bits per heavy atom. The van der Waals surface area contributed by atoms with Crippen LogP contribution in [0.25, 0.3) is 0 Å². The van der Waals surface area contributed by atoms with E-state index in [9.17, 15) is 18.3 Å². The summed E-state index contributed by atoms with van der Waals surface area (Å²) in [5, 5.41) is 9.28. The normalized spacial score (nSPS) is 14.1. The van der Waals surface area contributed by atoms with Gasteiger partial charge < -0.3 is 9.67 Å². The number of aliphatic hydroxyl groups excluding tert-OH is 1. The van der Waals surface area contributed by atoms with Gasteiger partial charge in [0.2, 0.25) is 0 Å². The number of rotatable bonds is 5. The van der Waals surface area contributed by atoms with Crippen molar-refractivity contribution in [2.75, 3.05) is 0 Å². The van der Waals surface area contributed by atoms with Gasteiger partial charge in [0.25, 0.3) is 0 Å². The average molecular weight is 236 g/mol. The molecule has 0 spiro atoms. The summed E-state index contributed by atoms with van der Waals surface area (Å²) in [5.41, 5.74) is 0. The van der Waals surface area contributed by atoms with Crippen LogP contribution in [0.1, 0.15) is 25.6 Å². The van der Waals surface area contributed by atoms with Crippen LogP contribution in [0, 0.1) is 0 Å². The lowest BCUT2D eigenvalue weighted by atomic mass is 10.2. The highest BCUT2D eigenvalue weighted by molar-refractivity contribution is 4.94. The highest BCUT2D eigenvalue weighted by Gasteiger charge is 2.31. The third kappa shape index (κ3) is 4.22. The van der Waals surface area contributed by atoms with Gasteiger partial charge in [0.15, 0.2) is 0 Å². The van der Waals surface area contributed by atoms with Crippen LogP contribution < -0.4 is 0 Å². The molecular weight excluding hydrogens is 221 g/mol. The lowest BCUT2D eigenvalue weighted by Crippen LogP contribution is -2.22. The molecule has 1 atom stereocenters. The summed E-state index contributed by atoms with van der Waals surface area (Å²) in [6.07, 6.45) is -2.89. The van der Waals surface area contributed by atoms with Crippen molar-refractivity contribution in [1.29, 1.82) is 0 Å². The molecule has 0 amide bonds. The molecule has 1 heterocycles. The molecule has 0 radical (unpaired) electrons. The maximum atomic E-state index is 12.0. The van der Waals surface area contributed by atoms with Gasteiger partial charge in [-0.15, -0.1) is 0 Å². The van der Waals surface area contributed by atoms with Crippen molar-refractivity contribution < 1.29 is 18.3 Å². The molecule has 16 heavy (non-hydrogen) atoms. The van der Waals surface area contributed by atoms with Crippen molar-refractivity contribution in [2.45, 2.75) is 45.0 Å². The van der Waals surface area contributed by atoms with Gasteiger partial charge in [-0.05, 0) is 6.42 Å². The number of aryl methyl sites for hydroxylation is 1. The van der Waals surface area contributed by atoms with Crippen molar-refractivity contribution in [3.8, 4) is 0 Å². The van der Waals surface area contributed by atoms with Gasteiger partial charge >= 0.3 is 6.18 Å². The molecule has 1 aromatic heterocycles. The van der Waals surface area contributed by atoms with Gasteiger partial charge in [-0.25, -0.2) is 4.98 Å². The van der Waals surface area contributed by atoms with E-state index in [0.29, 0.717) is 12.4 Å². The number of hydrogen-bond donors (Lipinski definition) is 1. The van der Waals surface area contributed by atoms with Gasteiger partial charge in [0, 0.05) is 25.4 Å². The predicted molar refractivity (Wildman–Crippen MR) is 52.9 cm³/mol. The maximum absolute atomic E-state index is 12.0. The Labute approximate surface area is 91.9 Å². The summed E-state index contributed by atoms with van der Waals surface area (Å²) in [6.45, 7) is 2.67. The number of imidazole rings is 1. The Morgan fingerprint density at radius 1 is 1.50 bits per heavy atom. The van der Waals surface area contributed by atoms with E-state index in [1.165, 1.54) is 6.20 Å². The Bertz CT molecular complexity index is 322. The van der Waals surface area contributed by atoms with Gasteiger partial charge in [-0.1, -0.05) is 6.92 Å². The SMILES string of the molecule is CCCn1ccnc1CC(O)CC(F)(F)F.